The van der Waals surface area contributed by atoms with Crippen molar-refractivity contribution in [3.63, 3.8) is 0 Å². The Morgan fingerprint density at radius 3 is 2.67 bits per heavy atom. The summed E-state index contributed by atoms with van der Waals surface area (Å²) in [5.74, 6) is -0.926. The van der Waals surface area contributed by atoms with E-state index in [0.29, 0.717) is 17.0 Å². The molecule has 2 N–H and O–H groups in total. The van der Waals surface area contributed by atoms with Crippen LogP contribution in [0.4, 0.5) is 0 Å². The third kappa shape index (κ3) is 5.73. The zero-order valence-electron chi connectivity index (χ0n) is 12.4. The average Bonchev–Trinajstić information content (AvgIpc) is 2.36. The molecule has 0 heterocycles. The van der Waals surface area contributed by atoms with Gasteiger partial charge in [0.2, 0.25) is 0 Å². The van der Waals surface area contributed by atoms with E-state index in [9.17, 15) is 14.7 Å². The van der Waals surface area contributed by atoms with Crippen LogP contribution in [0.5, 0.6) is 0 Å². The summed E-state index contributed by atoms with van der Waals surface area (Å²) in [5.41, 5.74) is -0.539. The first kappa shape index (κ1) is 17.5. The summed E-state index contributed by atoms with van der Waals surface area (Å²) < 4.78 is 4.93. The number of rotatable bonds is 6. The summed E-state index contributed by atoms with van der Waals surface area (Å²) in [6.07, 6.45) is -0.386. The van der Waals surface area contributed by atoms with Crippen LogP contribution in [0.15, 0.2) is 24.3 Å². The fourth-order valence-corrected chi connectivity index (χ4v) is 2.02. The molecule has 6 heteroatoms. The van der Waals surface area contributed by atoms with Gasteiger partial charge in [0.15, 0.2) is 5.60 Å². The molecule has 0 aliphatic rings. The number of carbonyl (C=O) groups is 2. The van der Waals surface area contributed by atoms with Crippen molar-refractivity contribution in [2.75, 3.05) is 6.54 Å². The summed E-state index contributed by atoms with van der Waals surface area (Å²) in [5, 5.41) is 13.2. The van der Waals surface area contributed by atoms with Gasteiger partial charge in [0.25, 0.3) is 5.91 Å². The number of esters is 1. The standard InChI is InChI=1S/C15H20ClNO4/c1-10(18)21-15(2,3)14(20)17-8-7-13(19)11-5-4-6-12(16)9-11/h4-6,9,13,19H,7-8H2,1-3H3,(H,17,20)/t13-/m1/s1. The van der Waals surface area contributed by atoms with Gasteiger partial charge in [-0.15, -0.1) is 0 Å². The zero-order chi connectivity index (χ0) is 16.0. The molecular weight excluding hydrogens is 294 g/mol. The van der Waals surface area contributed by atoms with E-state index in [1.54, 1.807) is 24.3 Å². The van der Waals surface area contributed by atoms with Crippen LogP contribution < -0.4 is 5.32 Å². The van der Waals surface area contributed by atoms with Crippen molar-refractivity contribution in [1.29, 1.82) is 0 Å². The minimum atomic E-state index is -1.23. The van der Waals surface area contributed by atoms with Crippen molar-refractivity contribution < 1.29 is 19.4 Å². The highest BCUT2D eigenvalue weighted by Crippen LogP contribution is 2.20. The highest BCUT2D eigenvalue weighted by Gasteiger charge is 2.30. The summed E-state index contributed by atoms with van der Waals surface area (Å²) >= 11 is 5.85. The number of halogens is 1. The van der Waals surface area contributed by atoms with Crippen LogP contribution in [-0.4, -0.2) is 29.1 Å². The maximum atomic E-state index is 11.9. The number of amides is 1. The van der Waals surface area contributed by atoms with Gasteiger partial charge >= 0.3 is 5.97 Å². The van der Waals surface area contributed by atoms with Crippen molar-refractivity contribution >= 4 is 23.5 Å². The highest BCUT2D eigenvalue weighted by atomic mass is 35.5. The smallest absolute Gasteiger partial charge is 0.303 e. The van der Waals surface area contributed by atoms with Crippen molar-refractivity contribution in [3.8, 4) is 0 Å². The molecule has 116 valence electrons. The average molecular weight is 314 g/mol. The van der Waals surface area contributed by atoms with Gasteiger partial charge in [-0.1, -0.05) is 23.7 Å². The zero-order valence-corrected chi connectivity index (χ0v) is 13.1. The number of ether oxygens (including phenoxy) is 1. The molecule has 1 amide bonds. The quantitative estimate of drug-likeness (QED) is 0.790. The van der Waals surface area contributed by atoms with E-state index in [0.717, 1.165) is 0 Å². The van der Waals surface area contributed by atoms with Crippen LogP contribution in [0.1, 0.15) is 38.9 Å². The Bertz CT molecular complexity index is 516. The maximum absolute atomic E-state index is 11.9. The Hall–Kier alpha value is -1.59. The number of carbonyl (C=O) groups excluding carboxylic acids is 2. The first-order valence-corrected chi connectivity index (χ1v) is 7.01. The maximum Gasteiger partial charge on any atom is 0.303 e. The Kier molecular flexibility index (Phi) is 6.18. The minimum absolute atomic E-state index is 0.261. The molecule has 1 aromatic carbocycles. The number of hydrogen-bond acceptors (Lipinski definition) is 4. The molecule has 1 rings (SSSR count). The molecule has 0 spiro atoms. The van der Waals surface area contributed by atoms with Crippen LogP contribution in [0.3, 0.4) is 0 Å². The van der Waals surface area contributed by atoms with Gasteiger partial charge in [-0.2, -0.15) is 0 Å². The number of aliphatic hydroxyl groups excluding tert-OH is 1. The van der Waals surface area contributed by atoms with Crippen molar-refractivity contribution in [1.82, 2.24) is 5.32 Å². The minimum Gasteiger partial charge on any atom is -0.450 e. The van der Waals surface area contributed by atoms with E-state index in [4.69, 9.17) is 16.3 Å². The molecule has 0 fully saturated rings. The molecular formula is C15H20ClNO4. The molecule has 0 aliphatic carbocycles. The first-order valence-electron chi connectivity index (χ1n) is 6.64. The van der Waals surface area contributed by atoms with Crippen LogP contribution in [0.25, 0.3) is 0 Å². The Labute approximate surface area is 129 Å². The highest BCUT2D eigenvalue weighted by molar-refractivity contribution is 6.30. The Morgan fingerprint density at radius 1 is 1.43 bits per heavy atom. The number of hydrogen-bond donors (Lipinski definition) is 2. The molecule has 0 radical (unpaired) electrons. The van der Waals surface area contributed by atoms with Crippen molar-refractivity contribution in [2.24, 2.45) is 0 Å². The lowest BCUT2D eigenvalue weighted by atomic mass is 10.1. The predicted molar refractivity (Wildman–Crippen MR) is 79.9 cm³/mol. The number of nitrogens with one attached hydrogen (secondary N) is 1. The molecule has 1 aromatic rings. The third-order valence-corrected chi connectivity index (χ3v) is 3.12. The Balaban J connectivity index is 2.46. The summed E-state index contributed by atoms with van der Waals surface area (Å²) in [4.78, 5) is 22.8. The van der Waals surface area contributed by atoms with Gasteiger partial charge in [-0.05, 0) is 38.0 Å². The first-order chi connectivity index (χ1) is 9.72. The van der Waals surface area contributed by atoms with E-state index in [-0.39, 0.29) is 6.54 Å². The van der Waals surface area contributed by atoms with Gasteiger partial charge in [0.1, 0.15) is 0 Å². The lowest BCUT2D eigenvalue weighted by Crippen LogP contribution is -2.45. The molecule has 21 heavy (non-hydrogen) atoms. The van der Waals surface area contributed by atoms with E-state index in [1.165, 1.54) is 20.8 Å². The third-order valence-electron chi connectivity index (χ3n) is 2.88. The van der Waals surface area contributed by atoms with E-state index >= 15 is 0 Å². The molecule has 1 atom stereocenters. The van der Waals surface area contributed by atoms with E-state index in [2.05, 4.69) is 5.32 Å². The van der Waals surface area contributed by atoms with E-state index < -0.39 is 23.6 Å². The fraction of sp³-hybridized carbons (Fsp3) is 0.467. The molecule has 0 bridgehead atoms. The monoisotopic (exact) mass is 313 g/mol. The summed E-state index contributed by atoms with van der Waals surface area (Å²) in [6, 6.07) is 6.92. The lowest BCUT2D eigenvalue weighted by Gasteiger charge is -2.23. The second-order valence-corrected chi connectivity index (χ2v) is 5.66. The number of aliphatic hydroxyl groups is 1. The molecule has 0 aromatic heterocycles. The fourth-order valence-electron chi connectivity index (χ4n) is 1.82. The van der Waals surface area contributed by atoms with Crippen LogP contribution in [-0.2, 0) is 14.3 Å². The van der Waals surface area contributed by atoms with E-state index in [1.807, 2.05) is 0 Å². The second-order valence-electron chi connectivity index (χ2n) is 5.22. The van der Waals surface area contributed by atoms with Gasteiger partial charge in [0.05, 0.1) is 6.10 Å². The molecule has 0 saturated heterocycles. The lowest BCUT2D eigenvalue weighted by molar-refractivity contribution is -0.162. The summed E-state index contributed by atoms with van der Waals surface area (Å²) in [7, 11) is 0. The summed E-state index contributed by atoms with van der Waals surface area (Å²) in [6.45, 7) is 4.53. The largest absolute Gasteiger partial charge is 0.450 e. The topological polar surface area (TPSA) is 75.6 Å². The van der Waals surface area contributed by atoms with Gasteiger partial charge in [-0.25, -0.2) is 0 Å². The molecule has 0 saturated carbocycles. The van der Waals surface area contributed by atoms with Gasteiger partial charge < -0.3 is 15.2 Å². The van der Waals surface area contributed by atoms with Crippen molar-refractivity contribution in [2.45, 2.75) is 38.9 Å². The van der Waals surface area contributed by atoms with Crippen LogP contribution in [0, 0.1) is 0 Å². The van der Waals surface area contributed by atoms with Crippen LogP contribution >= 0.6 is 11.6 Å². The van der Waals surface area contributed by atoms with Crippen LogP contribution in [0.2, 0.25) is 5.02 Å². The second kappa shape index (κ2) is 7.43. The predicted octanol–water partition coefficient (Wildman–Crippen LogP) is 2.22. The van der Waals surface area contributed by atoms with Gasteiger partial charge in [0, 0.05) is 18.5 Å². The normalized spacial score (nSPS) is 12.6. The van der Waals surface area contributed by atoms with Crippen molar-refractivity contribution in [3.05, 3.63) is 34.9 Å². The molecule has 0 unspecified atom stereocenters. The molecule has 0 aliphatic heterocycles. The Morgan fingerprint density at radius 2 is 2.10 bits per heavy atom. The molecule has 5 nitrogen and oxygen atoms in total. The number of benzene rings is 1. The SMILES string of the molecule is CC(=O)OC(C)(C)C(=O)NCC[C@@H](O)c1cccc(Cl)c1. The van der Waals surface area contributed by atoms with Gasteiger partial charge in [-0.3, -0.25) is 9.59 Å².